The van der Waals surface area contributed by atoms with E-state index < -0.39 is 0 Å². The number of hydrogen-bond acceptors (Lipinski definition) is 6. The van der Waals surface area contributed by atoms with E-state index in [1.54, 1.807) is 6.20 Å². The Morgan fingerprint density at radius 1 is 1.35 bits per heavy atom. The highest BCUT2D eigenvalue weighted by atomic mass is 32.1. The van der Waals surface area contributed by atoms with E-state index in [-0.39, 0.29) is 12.0 Å². The lowest BCUT2D eigenvalue weighted by atomic mass is 10.0. The van der Waals surface area contributed by atoms with E-state index in [0.29, 0.717) is 32.9 Å². The number of thiophene rings is 1. The summed E-state index contributed by atoms with van der Waals surface area (Å²) in [4.78, 5) is 21.0. The highest BCUT2D eigenvalue weighted by Crippen LogP contribution is 2.37. The molecule has 2 aliphatic heterocycles. The molecule has 4 heterocycles. The minimum absolute atomic E-state index is 0.0699. The predicted octanol–water partition coefficient (Wildman–Crippen LogP) is 1.43. The second-order valence-corrected chi connectivity index (χ2v) is 6.67. The normalized spacial score (nSPS) is 22.4. The first kappa shape index (κ1) is 15.0. The minimum atomic E-state index is -0.0957. The van der Waals surface area contributed by atoms with Crippen molar-refractivity contribution in [1.82, 2.24) is 15.2 Å². The van der Waals surface area contributed by atoms with Crippen molar-refractivity contribution in [1.29, 1.82) is 0 Å². The van der Waals surface area contributed by atoms with Gasteiger partial charge in [-0.25, -0.2) is 4.98 Å². The predicted molar refractivity (Wildman–Crippen MR) is 87.9 cm³/mol. The van der Waals surface area contributed by atoms with Crippen molar-refractivity contribution in [2.24, 2.45) is 0 Å². The summed E-state index contributed by atoms with van der Waals surface area (Å²) in [6.07, 6.45) is 1.67. The number of carbonyl (C=O) groups is 1. The van der Waals surface area contributed by atoms with Crippen LogP contribution < -0.4 is 5.32 Å². The Balaban J connectivity index is 1.76. The van der Waals surface area contributed by atoms with E-state index in [0.717, 1.165) is 33.7 Å². The maximum atomic E-state index is 13.0. The monoisotopic (exact) mass is 333 g/mol. The molecule has 2 aromatic heterocycles. The maximum absolute atomic E-state index is 13.0. The van der Waals surface area contributed by atoms with Crippen molar-refractivity contribution >= 4 is 27.5 Å². The fraction of sp³-hybridized carbons (Fsp3) is 0.500. The van der Waals surface area contributed by atoms with Gasteiger partial charge in [-0.15, -0.1) is 11.3 Å². The van der Waals surface area contributed by atoms with E-state index in [2.05, 4.69) is 10.3 Å². The van der Waals surface area contributed by atoms with Crippen molar-refractivity contribution in [3.8, 4) is 0 Å². The van der Waals surface area contributed by atoms with Crippen LogP contribution >= 0.6 is 11.3 Å². The Morgan fingerprint density at radius 2 is 2.22 bits per heavy atom. The molecule has 1 atom stereocenters. The van der Waals surface area contributed by atoms with Crippen molar-refractivity contribution in [2.45, 2.75) is 6.10 Å². The van der Waals surface area contributed by atoms with Gasteiger partial charge in [0.25, 0.3) is 5.91 Å². The molecule has 0 aliphatic carbocycles. The third-order valence-electron chi connectivity index (χ3n) is 4.25. The Morgan fingerprint density at radius 3 is 3.00 bits per heavy atom. The molecule has 23 heavy (non-hydrogen) atoms. The molecule has 7 heteroatoms. The van der Waals surface area contributed by atoms with Crippen LogP contribution in [-0.4, -0.2) is 61.8 Å². The smallest absolute Gasteiger partial charge is 0.264 e. The van der Waals surface area contributed by atoms with E-state index in [1.807, 2.05) is 17.0 Å². The molecule has 2 saturated heterocycles. The summed E-state index contributed by atoms with van der Waals surface area (Å²) >= 11 is 1.47. The number of nitrogens with zero attached hydrogens (tertiary/aromatic N) is 2. The molecule has 6 nitrogen and oxygen atoms in total. The number of pyridine rings is 1. The van der Waals surface area contributed by atoms with Gasteiger partial charge in [-0.3, -0.25) is 4.79 Å². The summed E-state index contributed by atoms with van der Waals surface area (Å²) in [6, 6.07) is 3.94. The minimum Gasteiger partial charge on any atom is -0.378 e. The third-order valence-corrected chi connectivity index (χ3v) is 5.36. The van der Waals surface area contributed by atoms with Gasteiger partial charge in [-0.1, -0.05) is 6.07 Å². The molecule has 1 amide bonds. The van der Waals surface area contributed by atoms with Crippen LogP contribution in [-0.2, 0) is 9.47 Å². The van der Waals surface area contributed by atoms with Crippen LogP contribution in [0.25, 0.3) is 10.2 Å². The molecule has 122 valence electrons. The van der Waals surface area contributed by atoms with E-state index >= 15 is 0 Å². The molecule has 0 aromatic carbocycles. The molecule has 2 aromatic rings. The molecule has 2 fully saturated rings. The average Bonchev–Trinajstić information content (AvgIpc) is 3.02. The maximum Gasteiger partial charge on any atom is 0.264 e. The molecule has 2 aliphatic rings. The molecular weight excluding hydrogens is 314 g/mol. The number of fused-ring (bicyclic) bond motifs is 1. The average molecular weight is 333 g/mol. The molecule has 1 N–H and O–H groups in total. The molecular formula is C16H19N3O3S. The first-order valence-corrected chi connectivity index (χ1v) is 8.73. The van der Waals surface area contributed by atoms with Gasteiger partial charge in [-0.05, 0) is 6.07 Å². The van der Waals surface area contributed by atoms with Crippen molar-refractivity contribution in [3.63, 3.8) is 0 Å². The SMILES string of the molecule is O=C(c1sc2ncccc2c1C1CNCCO1)N1CCOCC1. The van der Waals surface area contributed by atoms with Gasteiger partial charge in [0.05, 0.1) is 25.9 Å². The summed E-state index contributed by atoms with van der Waals surface area (Å²) in [5.74, 6) is 0.0699. The lowest BCUT2D eigenvalue weighted by molar-refractivity contribution is 0.0240. The zero-order chi connectivity index (χ0) is 15.6. The van der Waals surface area contributed by atoms with Crippen LogP contribution in [0.5, 0.6) is 0 Å². The highest BCUT2D eigenvalue weighted by Gasteiger charge is 2.30. The van der Waals surface area contributed by atoms with Crippen molar-refractivity contribution in [3.05, 3.63) is 28.8 Å². The van der Waals surface area contributed by atoms with Crippen LogP contribution in [0, 0.1) is 0 Å². The van der Waals surface area contributed by atoms with Crippen LogP contribution in [0.4, 0.5) is 0 Å². The van der Waals surface area contributed by atoms with Crippen molar-refractivity contribution in [2.75, 3.05) is 46.0 Å². The second-order valence-electron chi connectivity index (χ2n) is 5.67. The van der Waals surface area contributed by atoms with Gasteiger partial charge in [0.1, 0.15) is 9.71 Å². The number of hydrogen-bond donors (Lipinski definition) is 1. The Bertz CT molecular complexity index is 706. The number of nitrogens with one attached hydrogen (secondary N) is 1. The molecule has 1 unspecified atom stereocenters. The van der Waals surface area contributed by atoms with Gasteiger partial charge in [0.15, 0.2) is 0 Å². The number of aromatic nitrogens is 1. The first-order valence-electron chi connectivity index (χ1n) is 7.91. The fourth-order valence-electron chi connectivity index (χ4n) is 3.09. The highest BCUT2D eigenvalue weighted by molar-refractivity contribution is 7.20. The summed E-state index contributed by atoms with van der Waals surface area (Å²) in [5, 5.41) is 4.38. The second kappa shape index (κ2) is 6.52. The van der Waals surface area contributed by atoms with Gasteiger partial charge >= 0.3 is 0 Å². The molecule has 0 bridgehead atoms. The summed E-state index contributed by atoms with van der Waals surface area (Å²) in [7, 11) is 0. The zero-order valence-corrected chi connectivity index (χ0v) is 13.6. The summed E-state index contributed by atoms with van der Waals surface area (Å²) < 4.78 is 11.3. The topological polar surface area (TPSA) is 63.7 Å². The standard InChI is InChI=1S/C16H19N3O3S/c20-16(19-5-8-21-9-6-19)14-13(12-10-17-4-7-22-12)11-2-1-3-18-15(11)23-14/h1-3,12,17H,4-10H2. The number of carbonyl (C=O) groups excluding carboxylic acids is 1. The van der Waals surface area contributed by atoms with Crippen LogP contribution in [0.1, 0.15) is 21.3 Å². The van der Waals surface area contributed by atoms with Gasteiger partial charge < -0.3 is 19.7 Å². The van der Waals surface area contributed by atoms with Gasteiger partial charge in [0, 0.05) is 43.3 Å². The van der Waals surface area contributed by atoms with E-state index in [9.17, 15) is 4.79 Å². The molecule has 0 spiro atoms. The number of amides is 1. The third kappa shape index (κ3) is 2.85. The lowest BCUT2D eigenvalue weighted by Crippen LogP contribution is -2.41. The van der Waals surface area contributed by atoms with E-state index in [4.69, 9.17) is 9.47 Å². The zero-order valence-electron chi connectivity index (χ0n) is 12.8. The Hall–Kier alpha value is -1.54. The largest absolute Gasteiger partial charge is 0.378 e. The number of morpholine rings is 2. The quantitative estimate of drug-likeness (QED) is 0.901. The molecule has 0 radical (unpaired) electrons. The first-order chi connectivity index (χ1) is 11.3. The Labute approximate surface area is 138 Å². The summed E-state index contributed by atoms with van der Waals surface area (Å²) in [5.41, 5.74) is 0.988. The molecule has 0 saturated carbocycles. The summed E-state index contributed by atoms with van der Waals surface area (Å²) in [6.45, 7) is 4.73. The fourth-order valence-corrected chi connectivity index (χ4v) is 4.25. The van der Waals surface area contributed by atoms with Crippen molar-refractivity contribution < 1.29 is 14.3 Å². The van der Waals surface area contributed by atoms with Crippen LogP contribution in [0.2, 0.25) is 0 Å². The molecule has 4 rings (SSSR count). The number of ether oxygens (including phenoxy) is 2. The Kier molecular flexibility index (Phi) is 4.26. The lowest BCUT2D eigenvalue weighted by Gasteiger charge is -2.28. The number of rotatable bonds is 2. The van der Waals surface area contributed by atoms with E-state index in [1.165, 1.54) is 11.3 Å². The van der Waals surface area contributed by atoms with Gasteiger partial charge in [-0.2, -0.15) is 0 Å². The van der Waals surface area contributed by atoms with Crippen LogP contribution in [0.3, 0.4) is 0 Å². The van der Waals surface area contributed by atoms with Gasteiger partial charge in [0.2, 0.25) is 0 Å². The van der Waals surface area contributed by atoms with Crippen LogP contribution in [0.15, 0.2) is 18.3 Å².